The van der Waals surface area contributed by atoms with Gasteiger partial charge in [0, 0.05) is 18.0 Å². The summed E-state index contributed by atoms with van der Waals surface area (Å²) in [5, 5.41) is 9.04. The van der Waals surface area contributed by atoms with Crippen molar-refractivity contribution in [3.63, 3.8) is 0 Å². The van der Waals surface area contributed by atoms with Gasteiger partial charge in [-0.05, 0) is 29.6 Å². The Hall–Kier alpha value is -2.34. The zero-order valence-corrected chi connectivity index (χ0v) is 11.9. The maximum atomic E-state index is 11.9. The first-order valence-electron chi connectivity index (χ1n) is 5.89. The Kier molecular flexibility index (Phi) is 4.37. The molecular weight excluding hydrogens is 276 g/mol. The zero-order valence-electron chi connectivity index (χ0n) is 11.1. The van der Waals surface area contributed by atoms with Gasteiger partial charge in [0.1, 0.15) is 5.75 Å². The van der Waals surface area contributed by atoms with Crippen LogP contribution in [0, 0.1) is 0 Å². The summed E-state index contributed by atoms with van der Waals surface area (Å²) in [4.78, 5) is 23.1. The molecule has 0 bridgehead atoms. The molecule has 0 saturated heterocycles. The molecule has 104 valence electrons. The fourth-order valence-electron chi connectivity index (χ4n) is 1.67. The van der Waals surface area contributed by atoms with Crippen molar-refractivity contribution in [2.45, 2.75) is 6.92 Å². The fourth-order valence-corrected chi connectivity index (χ4v) is 2.31. The molecule has 1 aromatic heterocycles. The summed E-state index contributed by atoms with van der Waals surface area (Å²) in [5.41, 5.74) is 1.71. The van der Waals surface area contributed by atoms with Crippen LogP contribution in [0.3, 0.4) is 0 Å². The summed E-state index contributed by atoms with van der Waals surface area (Å²) in [6, 6.07) is 6.81. The van der Waals surface area contributed by atoms with E-state index in [4.69, 9.17) is 4.74 Å². The van der Waals surface area contributed by atoms with Gasteiger partial charge < -0.3 is 15.4 Å². The number of thiophene rings is 1. The van der Waals surface area contributed by atoms with Crippen molar-refractivity contribution in [3.8, 4) is 5.75 Å². The molecule has 2 aromatic rings. The smallest absolute Gasteiger partial charge is 0.256 e. The summed E-state index contributed by atoms with van der Waals surface area (Å²) >= 11 is 1.46. The van der Waals surface area contributed by atoms with E-state index >= 15 is 0 Å². The van der Waals surface area contributed by atoms with Crippen LogP contribution >= 0.6 is 11.3 Å². The molecule has 1 heterocycles. The van der Waals surface area contributed by atoms with Crippen LogP contribution in [0.15, 0.2) is 35.0 Å². The highest BCUT2D eigenvalue weighted by Gasteiger charge is 2.09. The number of anilines is 2. The third-order valence-corrected chi connectivity index (χ3v) is 3.23. The zero-order chi connectivity index (χ0) is 14.5. The Bertz CT molecular complexity index is 623. The quantitative estimate of drug-likeness (QED) is 0.909. The van der Waals surface area contributed by atoms with Crippen LogP contribution in [0.4, 0.5) is 11.4 Å². The van der Waals surface area contributed by atoms with Gasteiger partial charge in [0.25, 0.3) is 5.91 Å². The van der Waals surface area contributed by atoms with E-state index < -0.39 is 0 Å². The van der Waals surface area contributed by atoms with E-state index in [9.17, 15) is 9.59 Å². The summed E-state index contributed by atoms with van der Waals surface area (Å²) in [6.45, 7) is 1.41. The normalized spacial score (nSPS) is 9.90. The van der Waals surface area contributed by atoms with E-state index in [-0.39, 0.29) is 11.8 Å². The molecule has 1 aromatic carbocycles. The topological polar surface area (TPSA) is 67.4 Å². The number of hydrogen-bond acceptors (Lipinski definition) is 4. The predicted octanol–water partition coefficient (Wildman–Crippen LogP) is 2.97. The summed E-state index contributed by atoms with van der Waals surface area (Å²) in [6.07, 6.45) is 0. The van der Waals surface area contributed by atoms with E-state index in [0.29, 0.717) is 22.7 Å². The maximum Gasteiger partial charge on any atom is 0.256 e. The molecule has 0 radical (unpaired) electrons. The number of amides is 2. The number of nitrogens with one attached hydrogen (secondary N) is 2. The van der Waals surface area contributed by atoms with Crippen molar-refractivity contribution < 1.29 is 14.3 Å². The predicted molar refractivity (Wildman–Crippen MR) is 79.6 cm³/mol. The Labute approximate surface area is 120 Å². The number of hydrogen-bond donors (Lipinski definition) is 2. The second-order valence-corrected chi connectivity index (χ2v) is 4.84. The minimum absolute atomic E-state index is 0.190. The molecule has 20 heavy (non-hydrogen) atoms. The lowest BCUT2D eigenvalue weighted by molar-refractivity contribution is -0.114. The lowest BCUT2D eigenvalue weighted by atomic mass is 10.2. The first-order valence-corrected chi connectivity index (χ1v) is 6.83. The van der Waals surface area contributed by atoms with Crippen LogP contribution in [0.1, 0.15) is 17.3 Å². The van der Waals surface area contributed by atoms with Crippen LogP contribution < -0.4 is 15.4 Å². The van der Waals surface area contributed by atoms with Crippen molar-refractivity contribution >= 4 is 34.5 Å². The number of carbonyl (C=O) groups is 2. The van der Waals surface area contributed by atoms with Gasteiger partial charge in [0.2, 0.25) is 5.91 Å². The highest BCUT2D eigenvalue weighted by Crippen LogP contribution is 2.28. The Balaban J connectivity index is 2.20. The van der Waals surface area contributed by atoms with Gasteiger partial charge >= 0.3 is 0 Å². The van der Waals surface area contributed by atoms with Gasteiger partial charge in [-0.15, -0.1) is 0 Å². The van der Waals surface area contributed by atoms with Gasteiger partial charge in [-0.25, -0.2) is 0 Å². The molecular formula is C14H14N2O3S. The summed E-state index contributed by atoms with van der Waals surface area (Å²) in [5.74, 6) is 0.142. The molecule has 2 amide bonds. The van der Waals surface area contributed by atoms with Gasteiger partial charge in [0.05, 0.1) is 18.4 Å². The molecule has 2 N–H and O–H groups in total. The average Bonchev–Trinajstić information content (AvgIpc) is 2.92. The minimum atomic E-state index is -0.204. The minimum Gasteiger partial charge on any atom is -0.495 e. The summed E-state index contributed by atoms with van der Waals surface area (Å²) < 4.78 is 5.15. The van der Waals surface area contributed by atoms with Gasteiger partial charge in [-0.3, -0.25) is 9.59 Å². The number of carbonyl (C=O) groups excluding carboxylic acids is 2. The molecule has 0 spiro atoms. The van der Waals surface area contributed by atoms with Gasteiger partial charge in [-0.1, -0.05) is 0 Å². The lowest BCUT2D eigenvalue weighted by Gasteiger charge is -2.11. The summed E-state index contributed by atoms with van der Waals surface area (Å²) in [7, 11) is 1.52. The van der Waals surface area contributed by atoms with Crippen LogP contribution in [0.2, 0.25) is 0 Å². The Morgan fingerprint density at radius 1 is 1.20 bits per heavy atom. The number of rotatable bonds is 4. The van der Waals surface area contributed by atoms with Crippen molar-refractivity contribution in [1.29, 1.82) is 0 Å². The molecule has 5 nitrogen and oxygen atoms in total. The van der Waals surface area contributed by atoms with E-state index in [0.717, 1.165) is 0 Å². The van der Waals surface area contributed by atoms with Crippen molar-refractivity contribution in [3.05, 3.63) is 40.6 Å². The van der Waals surface area contributed by atoms with Crippen molar-refractivity contribution in [2.75, 3.05) is 17.7 Å². The standard InChI is InChI=1S/C14H14N2O3S/c1-9(17)15-12-7-11(3-4-13(12)19-2)16-14(18)10-5-6-20-8-10/h3-8H,1-2H3,(H,15,17)(H,16,18). The largest absolute Gasteiger partial charge is 0.495 e. The lowest BCUT2D eigenvalue weighted by Crippen LogP contribution is -2.12. The Morgan fingerprint density at radius 3 is 2.60 bits per heavy atom. The second kappa shape index (κ2) is 6.21. The number of ether oxygens (including phenoxy) is 1. The second-order valence-electron chi connectivity index (χ2n) is 4.06. The first-order chi connectivity index (χ1) is 9.60. The highest BCUT2D eigenvalue weighted by molar-refractivity contribution is 7.08. The monoisotopic (exact) mass is 290 g/mol. The van der Waals surface area contributed by atoms with Crippen LogP contribution in [0.5, 0.6) is 5.75 Å². The third kappa shape index (κ3) is 3.36. The molecule has 0 aliphatic carbocycles. The van der Waals surface area contributed by atoms with Crippen LogP contribution in [0.25, 0.3) is 0 Å². The highest BCUT2D eigenvalue weighted by atomic mass is 32.1. The molecule has 2 rings (SSSR count). The van der Waals surface area contributed by atoms with E-state index in [2.05, 4.69) is 10.6 Å². The van der Waals surface area contributed by atoms with Crippen LogP contribution in [-0.4, -0.2) is 18.9 Å². The maximum absolute atomic E-state index is 11.9. The third-order valence-electron chi connectivity index (χ3n) is 2.55. The molecule has 0 fully saturated rings. The SMILES string of the molecule is COc1ccc(NC(=O)c2ccsc2)cc1NC(C)=O. The van der Waals surface area contributed by atoms with Crippen molar-refractivity contribution in [2.24, 2.45) is 0 Å². The van der Waals surface area contributed by atoms with Gasteiger partial charge in [-0.2, -0.15) is 11.3 Å². The molecule has 0 aliphatic rings. The molecule has 0 saturated carbocycles. The van der Waals surface area contributed by atoms with Crippen LogP contribution in [-0.2, 0) is 4.79 Å². The van der Waals surface area contributed by atoms with Gasteiger partial charge in [0.15, 0.2) is 0 Å². The molecule has 0 aliphatic heterocycles. The van der Waals surface area contributed by atoms with E-state index in [1.807, 2.05) is 5.38 Å². The Morgan fingerprint density at radius 2 is 2.00 bits per heavy atom. The number of benzene rings is 1. The number of methoxy groups -OCH3 is 1. The van der Waals surface area contributed by atoms with E-state index in [1.54, 1.807) is 29.6 Å². The van der Waals surface area contributed by atoms with E-state index in [1.165, 1.54) is 25.4 Å². The first kappa shape index (κ1) is 14.1. The molecule has 0 unspecified atom stereocenters. The molecule has 0 atom stereocenters. The average molecular weight is 290 g/mol. The van der Waals surface area contributed by atoms with Crippen molar-refractivity contribution in [1.82, 2.24) is 0 Å². The fraction of sp³-hybridized carbons (Fsp3) is 0.143. The molecule has 6 heteroatoms.